The number of alkyl carbamates (subject to hydrolysis) is 1. The van der Waals surface area contributed by atoms with Gasteiger partial charge in [-0.05, 0) is 81.6 Å². The summed E-state index contributed by atoms with van der Waals surface area (Å²) in [5.41, 5.74) is 9.14. The summed E-state index contributed by atoms with van der Waals surface area (Å²) in [6, 6.07) is 73.4. The first-order chi connectivity index (χ1) is 31.9. The molecule has 3 atom stereocenters. The van der Waals surface area contributed by atoms with Crippen molar-refractivity contribution in [1.29, 1.82) is 0 Å². The van der Waals surface area contributed by atoms with E-state index in [-0.39, 0.29) is 19.1 Å². The van der Waals surface area contributed by atoms with Gasteiger partial charge in [-0.3, -0.25) is 0 Å². The molecule has 8 aromatic carbocycles. The summed E-state index contributed by atoms with van der Waals surface area (Å²) in [5.74, 6) is 0.621. The second-order valence-corrected chi connectivity index (χ2v) is 16.6. The van der Waals surface area contributed by atoms with E-state index in [0.717, 1.165) is 66.9 Å². The third-order valence-corrected chi connectivity index (χ3v) is 12.7. The summed E-state index contributed by atoms with van der Waals surface area (Å²) in [6.07, 6.45) is -1.23. The average molecular weight is 856 g/mol. The largest absolute Gasteiger partial charge is 0.497 e. The molecular formula is C59H53NO5. The number of aryl methyl sites for hydroxylation is 1. The number of hydrogen-bond acceptors (Lipinski definition) is 5. The molecule has 65 heavy (non-hydrogen) atoms. The Balaban J connectivity index is 1.13. The zero-order valence-electron chi connectivity index (χ0n) is 37.0. The Morgan fingerprint density at radius 2 is 0.923 bits per heavy atom. The minimum absolute atomic E-state index is 0.0470. The maximum Gasteiger partial charge on any atom is 0.407 e. The van der Waals surface area contributed by atoms with Crippen molar-refractivity contribution in [3.05, 3.63) is 268 Å². The molecule has 324 valence electrons. The number of benzene rings is 8. The zero-order chi connectivity index (χ0) is 44.6. The number of hydrogen-bond donors (Lipinski definition) is 1. The Bertz CT molecular complexity index is 2660. The van der Waals surface area contributed by atoms with Crippen molar-refractivity contribution < 1.29 is 23.7 Å². The van der Waals surface area contributed by atoms with Gasteiger partial charge in [-0.1, -0.05) is 212 Å². The highest BCUT2D eigenvalue weighted by Gasteiger charge is 2.43. The third kappa shape index (κ3) is 8.59. The summed E-state index contributed by atoms with van der Waals surface area (Å²) in [5, 5.41) is 3.29. The van der Waals surface area contributed by atoms with Gasteiger partial charge in [0.1, 0.15) is 23.6 Å². The first-order valence-corrected chi connectivity index (χ1v) is 22.3. The summed E-state index contributed by atoms with van der Waals surface area (Å²) in [4.78, 5) is 14.5. The molecule has 1 amide bonds. The SMILES string of the molecule is COc1ccc(C(O[C@H](C)[C@@H](COC(c2ccccc2)(c2ccccc2)c2ccccc2)NC(=O)OCC2c3ccccc3-c3ccccc32)(c2ccccc2)c2ccc(C)cc2)cc1. The molecule has 6 nitrogen and oxygen atoms in total. The Hall–Kier alpha value is -7.25. The van der Waals surface area contributed by atoms with Crippen LogP contribution < -0.4 is 10.1 Å². The van der Waals surface area contributed by atoms with Crippen LogP contribution in [0.5, 0.6) is 5.75 Å². The van der Waals surface area contributed by atoms with E-state index >= 15 is 0 Å². The van der Waals surface area contributed by atoms with E-state index in [2.05, 4.69) is 121 Å². The van der Waals surface area contributed by atoms with Gasteiger partial charge in [0, 0.05) is 5.92 Å². The van der Waals surface area contributed by atoms with Crippen molar-refractivity contribution in [2.75, 3.05) is 20.3 Å². The number of fused-ring (bicyclic) bond motifs is 3. The highest BCUT2D eigenvalue weighted by atomic mass is 16.6. The fourth-order valence-corrected chi connectivity index (χ4v) is 9.42. The monoisotopic (exact) mass is 855 g/mol. The van der Waals surface area contributed by atoms with E-state index in [9.17, 15) is 4.79 Å². The zero-order valence-corrected chi connectivity index (χ0v) is 37.0. The Labute approximate surface area is 382 Å². The molecule has 8 aromatic rings. The van der Waals surface area contributed by atoms with Crippen molar-refractivity contribution in [3.63, 3.8) is 0 Å². The molecular weight excluding hydrogens is 803 g/mol. The molecule has 1 aliphatic rings. The van der Waals surface area contributed by atoms with Gasteiger partial charge in [-0.2, -0.15) is 0 Å². The highest BCUT2D eigenvalue weighted by molar-refractivity contribution is 5.79. The van der Waals surface area contributed by atoms with Crippen LogP contribution in [0.15, 0.2) is 218 Å². The molecule has 0 saturated carbocycles. The molecule has 0 aliphatic heterocycles. The lowest BCUT2D eigenvalue weighted by atomic mass is 9.79. The minimum Gasteiger partial charge on any atom is -0.497 e. The van der Waals surface area contributed by atoms with Crippen molar-refractivity contribution in [2.24, 2.45) is 0 Å². The average Bonchev–Trinajstić information content (AvgIpc) is 3.69. The summed E-state index contributed by atoms with van der Waals surface area (Å²) >= 11 is 0. The van der Waals surface area contributed by atoms with Crippen LogP contribution in [-0.2, 0) is 25.4 Å². The lowest BCUT2D eigenvalue weighted by Crippen LogP contribution is -2.51. The van der Waals surface area contributed by atoms with Gasteiger partial charge in [-0.25, -0.2) is 4.79 Å². The predicted molar refractivity (Wildman–Crippen MR) is 258 cm³/mol. The van der Waals surface area contributed by atoms with Gasteiger partial charge >= 0.3 is 6.09 Å². The molecule has 1 N–H and O–H groups in total. The van der Waals surface area contributed by atoms with Crippen LogP contribution in [0, 0.1) is 6.92 Å². The third-order valence-electron chi connectivity index (χ3n) is 12.7. The smallest absolute Gasteiger partial charge is 0.407 e. The van der Waals surface area contributed by atoms with E-state index in [1.807, 2.05) is 116 Å². The summed E-state index contributed by atoms with van der Waals surface area (Å²) < 4.78 is 27.0. The minimum atomic E-state index is -1.13. The van der Waals surface area contributed by atoms with E-state index in [1.54, 1.807) is 7.11 Å². The van der Waals surface area contributed by atoms with Crippen molar-refractivity contribution in [1.82, 2.24) is 5.32 Å². The first kappa shape index (κ1) is 43.0. The van der Waals surface area contributed by atoms with Crippen LogP contribution in [0.2, 0.25) is 0 Å². The number of rotatable bonds is 16. The molecule has 0 radical (unpaired) electrons. The number of methoxy groups -OCH3 is 1. The van der Waals surface area contributed by atoms with Gasteiger partial charge in [0.05, 0.1) is 25.9 Å². The second kappa shape index (κ2) is 19.2. The normalized spacial score (nSPS) is 14.0. The van der Waals surface area contributed by atoms with Gasteiger partial charge in [-0.15, -0.1) is 0 Å². The fraction of sp³-hybridized carbons (Fsp3) is 0.169. The number of carbonyl (C=O) groups excluding carboxylic acids is 1. The van der Waals surface area contributed by atoms with E-state index in [1.165, 1.54) is 0 Å². The molecule has 0 fully saturated rings. The van der Waals surface area contributed by atoms with Gasteiger partial charge in [0.15, 0.2) is 0 Å². The molecule has 6 heteroatoms. The lowest BCUT2D eigenvalue weighted by molar-refractivity contribution is -0.0818. The second-order valence-electron chi connectivity index (χ2n) is 16.6. The Morgan fingerprint density at radius 1 is 0.523 bits per heavy atom. The lowest BCUT2D eigenvalue weighted by Gasteiger charge is -2.41. The standard InChI is InChI=1S/C59H53NO5/c1-42-32-34-48(35-33-42)59(47-26-14-7-15-27-47,49-36-38-50(62-3)39-37-49)65-43(2)56(60-57(61)63-40-55-53-30-18-16-28-51(53)52-29-17-19-31-54(52)55)41-64-58(44-20-8-4-9-21-44,45-22-10-5-11-23-45)46-24-12-6-13-25-46/h4-39,43,55-56H,40-41H2,1-3H3,(H,60,61)/t43-,56-,59?/m1/s1. The van der Waals surface area contributed by atoms with E-state index in [0.29, 0.717) is 0 Å². The molecule has 0 heterocycles. The van der Waals surface area contributed by atoms with Crippen LogP contribution in [0.25, 0.3) is 11.1 Å². The van der Waals surface area contributed by atoms with Gasteiger partial charge in [0.2, 0.25) is 0 Å². The molecule has 0 aromatic heterocycles. The molecule has 0 bridgehead atoms. The highest BCUT2D eigenvalue weighted by Crippen LogP contribution is 2.46. The maximum atomic E-state index is 14.5. The van der Waals surface area contributed by atoms with Crippen molar-refractivity contribution >= 4 is 6.09 Å². The maximum absolute atomic E-state index is 14.5. The molecule has 1 unspecified atom stereocenters. The van der Waals surface area contributed by atoms with Crippen LogP contribution >= 0.6 is 0 Å². The summed E-state index contributed by atoms with van der Waals surface area (Å²) in [6.45, 7) is 4.29. The van der Waals surface area contributed by atoms with Gasteiger partial charge in [0.25, 0.3) is 0 Å². The number of nitrogens with one attached hydrogen (secondary N) is 1. The first-order valence-electron chi connectivity index (χ1n) is 22.3. The Morgan fingerprint density at radius 3 is 1.38 bits per heavy atom. The number of ether oxygens (including phenoxy) is 4. The quantitative estimate of drug-likeness (QED) is 0.0981. The van der Waals surface area contributed by atoms with Crippen molar-refractivity contribution in [3.8, 4) is 16.9 Å². The molecule has 0 spiro atoms. The van der Waals surface area contributed by atoms with E-state index in [4.69, 9.17) is 18.9 Å². The molecule has 9 rings (SSSR count). The predicted octanol–water partition coefficient (Wildman–Crippen LogP) is 12.6. The number of carbonyl (C=O) groups is 1. The van der Waals surface area contributed by atoms with Crippen LogP contribution in [-0.4, -0.2) is 38.6 Å². The van der Waals surface area contributed by atoms with Crippen molar-refractivity contribution in [2.45, 2.75) is 43.1 Å². The fourth-order valence-electron chi connectivity index (χ4n) is 9.42. The van der Waals surface area contributed by atoms with Gasteiger partial charge < -0.3 is 24.3 Å². The van der Waals surface area contributed by atoms with Crippen LogP contribution in [0.1, 0.15) is 62.9 Å². The molecule has 1 aliphatic carbocycles. The Kier molecular flexibility index (Phi) is 12.7. The number of amides is 1. The van der Waals surface area contributed by atoms with Crippen LogP contribution in [0.4, 0.5) is 4.79 Å². The summed E-state index contributed by atoms with van der Waals surface area (Å²) in [7, 11) is 1.66. The van der Waals surface area contributed by atoms with Crippen LogP contribution in [0.3, 0.4) is 0 Å². The molecule has 0 saturated heterocycles. The topological polar surface area (TPSA) is 66.0 Å². The van der Waals surface area contributed by atoms with E-state index < -0.39 is 29.4 Å².